The Morgan fingerprint density at radius 3 is 3.00 bits per heavy atom. The fraction of sp³-hybridized carbons (Fsp3) is 0.714. The van der Waals surface area contributed by atoms with Crippen molar-refractivity contribution in [2.24, 2.45) is 11.8 Å². The summed E-state index contributed by atoms with van der Waals surface area (Å²) in [6, 6.07) is 0. The molecule has 4 nitrogen and oxygen atoms in total. The van der Waals surface area contributed by atoms with Gasteiger partial charge in [0.15, 0.2) is 5.92 Å². The summed E-state index contributed by atoms with van der Waals surface area (Å²) >= 11 is 5.53. The zero-order chi connectivity index (χ0) is 9.14. The third kappa shape index (κ3) is 1.53. The Morgan fingerprint density at radius 2 is 2.50 bits per heavy atom. The number of hydrogen-bond donors (Lipinski definition) is 0. The van der Waals surface area contributed by atoms with Crippen molar-refractivity contribution in [3.63, 3.8) is 0 Å². The predicted molar refractivity (Wildman–Crippen MR) is 40.7 cm³/mol. The smallest absolute Gasteiger partial charge is 0.320 e. The molecule has 68 valence electrons. The third-order valence-corrected chi connectivity index (χ3v) is 2.21. The summed E-state index contributed by atoms with van der Waals surface area (Å²) in [7, 11) is 1.24. The first-order chi connectivity index (χ1) is 5.70. The van der Waals surface area contributed by atoms with Crippen LogP contribution in [0.5, 0.6) is 0 Å². The topological polar surface area (TPSA) is 52.6 Å². The van der Waals surface area contributed by atoms with Gasteiger partial charge in [-0.3, -0.25) is 9.59 Å². The zero-order valence-electron chi connectivity index (χ0n) is 6.58. The van der Waals surface area contributed by atoms with Crippen molar-refractivity contribution in [2.75, 3.05) is 19.6 Å². The number of methoxy groups -OCH3 is 1. The summed E-state index contributed by atoms with van der Waals surface area (Å²) in [5, 5.41) is 0. The molecule has 0 bridgehead atoms. The second-order valence-electron chi connectivity index (χ2n) is 2.55. The normalized spacial score (nSPS) is 28.3. The highest BCUT2D eigenvalue weighted by molar-refractivity contribution is 6.18. The molecule has 2 atom stereocenters. The van der Waals surface area contributed by atoms with Gasteiger partial charge in [-0.2, -0.15) is 0 Å². The molecule has 5 heteroatoms. The van der Waals surface area contributed by atoms with Gasteiger partial charge in [0.2, 0.25) is 0 Å². The number of ether oxygens (including phenoxy) is 2. The second-order valence-corrected chi connectivity index (χ2v) is 2.85. The fourth-order valence-electron chi connectivity index (χ4n) is 1.12. The number of esters is 2. The summed E-state index contributed by atoms with van der Waals surface area (Å²) in [6.07, 6.45) is 0. The van der Waals surface area contributed by atoms with Crippen molar-refractivity contribution in [1.82, 2.24) is 0 Å². The van der Waals surface area contributed by atoms with Gasteiger partial charge in [0.05, 0.1) is 13.7 Å². The Kier molecular flexibility index (Phi) is 2.92. The SMILES string of the molecule is COC(=O)[C@@H]1C(=O)OC[C@H]1CCl. The average Bonchev–Trinajstić information content (AvgIpc) is 2.45. The Morgan fingerprint density at radius 1 is 1.83 bits per heavy atom. The van der Waals surface area contributed by atoms with E-state index in [2.05, 4.69) is 9.47 Å². The maximum atomic E-state index is 11.0. The molecule has 1 aliphatic heterocycles. The maximum Gasteiger partial charge on any atom is 0.320 e. The number of carbonyl (C=O) groups is 2. The van der Waals surface area contributed by atoms with Gasteiger partial charge in [-0.1, -0.05) is 0 Å². The zero-order valence-corrected chi connectivity index (χ0v) is 7.34. The molecule has 0 aromatic heterocycles. The van der Waals surface area contributed by atoms with Gasteiger partial charge in [-0.25, -0.2) is 0 Å². The van der Waals surface area contributed by atoms with Crippen LogP contribution < -0.4 is 0 Å². The number of carbonyl (C=O) groups excluding carboxylic acids is 2. The number of alkyl halides is 1. The standard InChI is InChI=1S/C7H9ClO4/c1-11-6(9)5-4(2-8)3-12-7(5)10/h4-5H,2-3H2,1H3/t4-,5-/m1/s1. The van der Waals surface area contributed by atoms with E-state index in [1.807, 2.05) is 0 Å². The van der Waals surface area contributed by atoms with Crippen LogP contribution in [0.3, 0.4) is 0 Å². The van der Waals surface area contributed by atoms with Gasteiger partial charge in [-0.15, -0.1) is 11.6 Å². The second kappa shape index (κ2) is 3.76. The molecule has 0 amide bonds. The molecule has 1 fully saturated rings. The highest BCUT2D eigenvalue weighted by Crippen LogP contribution is 2.24. The molecule has 0 radical (unpaired) electrons. The molecule has 1 heterocycles. The lowest BCUT2D eigenvalue weighted by molar-refractivity contribution is -0.154. The molecule has 0 aliphatic carbocycles. The molecule has 1 saturated heterocycles. The van der Waals surface area contributed by atoms with Crippen molar-refractivity contribution in [3.8, 4) is 0 Å². The Bertz CT molecular complexity index is 204. The third-order valence-electron chi connectivity index (χ3n) is 1.82. The molecule has 0 aromatic rings. The lowest BCUT2D eigenvalue weighted by atomic mass is 9.98. The van der Waals surface area contributed by atoms with Crippen LogP contribution in [0.4, 0.5) is 0 Å². The molecule has 1 rings (SSSR count). The van der Waals surface area contributed by atoms with Crippen molar-refractivity contribution >= 4 is 23.5 Å². The van der Waals surface area contributed by atoms with Crippen LogP contribution in [-0.4, -0.2) is 31.5 Å². The molecular weight excluding hydrogens is 184 g/mol. The van der Waals surface area contributed by atoms with E-state index < -0.39 is 17.9 Å². The fourth-order valence-corrected chi connectivity index (χ4v) is 1.38. The van der Waals surface area contributed by atoms with E-state index >= 15 is 0 Å². The Labute approximate surface area is 74.8 Å². The first kappa shape index (κ1) is 9.32. The lowest BCUT2D eigenvalue weighted by Gasteiger charge is -2.08. The van der Waals surface area contributed by atoms with E-state index in [0.717, 1.165) is 0 Å². The van der Waals surface area contributed by atoms with Crippen LogP contribution in [0.1, 0.15) is 0 Å². The van der Waals surface area contributed by atoms with E-state index in [1.165, 1.54) is 7.11 Å². The van der Waals surface area contributed by atoms with Gasteiger partial charge < -0.3 is 9.47 Å². The van der Waals surface area contributed by atoms with E-state index in [-0.39, 0.29) is 18.4 Å². The quantitative estimate of drug-likeness (QED) is 0.356. The first-order valence-electron chi connectivity index (χ1n) is 3.51. The minimum Gasteiger partial charge on any atom is -0.468 e. The van der Waals surface area contributed by atoms with Crippen molar-refractivity contribution < 1.29 is 19.1 Å². The van der Waals surface area contributed by atoms with Crippen LogP contribution >= 0.6 is 11.6 Å². The van der Waals surface area contributed by atoms with E-state index in [9.17, 15) is 9.59 Å². The molecule has 0 saturated carbocycles. The number of halogens is 1. The summed E-state index contributed by atoms with van der Waals surface area (Å²) in [5.74, 6) is -1.94. The minimum absolute atomic E-state index is 0.210. The number of hydrogen-bond acceptors (Lipinski definition) is 4. The van der Waals surface area contributed by atoms with E-state index in [4.69, 9.17) is 11.6 Å². The van der Waals surface area contributed by atoms with Gasteiger partial charge in [0, 0.05) is 11.8 Å². The summed E-state index contributed by atoms with van der Waals surface area (Å²) in [4.78, 5) is 22.0. The minimum atomic E-state index is -0.826. The van der Waals surface area contributed by atoms with Gasteiger partial charge in [0.1, 0.15) is 0 Å². The van der Waals surface area contributed by atoms with Crippen LogP contribution in [0.25, 0.3) is 0 Å². The highest BCUT2D eigenvalue weighted by atomic mass is 35.5. The van der Waals surface area contributed by atoms with Crippen molar-refractivity contribution in [2.45, 2.75) is 0 Å². The highest BCUT2D eigenvalue weighted by Gasteiger charge is 2.42. The van der Waals surface area contributed by atoms with Crippen LogP contribution in [-0.2, 0) is 19.1 Å². The first-order valence-corrected chi connectivity index (χ1v) is 4.04. The van der Waals surface area contributed by atoms with Gasteiger partial charge in [-0.05, 0) is 0 Å². The van der Waals surface area contributed by atoms with Crippen LogP contribution in [0.15, 0.2) is 0 Å². The molecular formula is C7H9ClO4. The van der Waals surface area contributed by atoms with Gasteiger partial charge >= 0.3 is 11.9 Å². The van der Waals surface area contributed by atoms with E-state index in [0.29, 0.717) is 0 Å². The molecule has 12 heavy (non-hydrogen) atoms. The Hall–Kier alpha value is -0.770. The monoisotopic (exact) mass is 192 g/mol. The van der Waals surface area contributed by atoms with E-state index in [1.54, 1.807) is 0 Å². The average molecular weight is 193 g/mol. The number of rotatable bonds is 2. The number of cyclic esters (lactones) is 1. The molecule has 0 N–H and O–H groups in total. The summed E-state index contributed by atoms with van der Waals surface area (Å²) < 4.78 is 9.11. The predicted octanol–water partition coefficient (Wildman–Crippen LogP) is 0.187. The summed E-state index contributed by atoms with van der Waals surface area (Å²) in [5.41, 5.74) is 0. The molecule has 0 aromatic carbocycles. The maximum absolute atomic E-state index is 11.0. The van der Waals surface area contributed by atoms with Crippen LogP contribution in [0, 0.1) is 11.8 Å². The molecule has 1 aliphatic rings. The van der Waals surface area contributed by atoms with Crippen LogP contribution in [0.2, 0.25) is 0 Å². The molecule has 0 spiro atoms. The van der Waals surface area contributed by atoms with Crippen molar-refractivity contribution in [3.05, 3.63) is 0 Å². The molecule has 0 unspecified atom stereocenters. The van der Waals surface area contributed by atoms with Crippen molar-refractivity contribution in [1.29, 1.82) is 0 Å². The van der Waals surface area contributed by atoms with Gasteiger partial charge in [0.25, 0.3) is 0 Å². The summed E-state index contributed by atoms with van der Waals surface area (Å²) in [6.45, 7) is 0.210. The largest absolute Gasteiger partial charge is 0.468 e. The Balaban J connectivity index is 2.70. The lowest BCUT2D eigenvalue weighted by Crippen LogP contribution is -2.27.